The minimum atomic E-state index is -0.385. The van der Waals surface area contributed by atoms with E-state index in [1.165, 1.54) is 0 Å². The van der Waals surface area contributed by atoms with Crippen LogP contribution in [0.2, 0.25) is 0 Å². The van der Waals surface area contributed by atoms with Crippen molar-refractivity contribution in [2.45, 2.75) is 13.5 Å². The molecular formula is C8H10ClNOS. The van der Waals surface area contributed by atoms with Crippen LogP contribution in [0, 0.1) is 0 Å². The first-order chi connectivity index (χ1) is 5.74. The van der Waals surface area contributed by atoms with Gasteiger partial charge in [-0.2, -0.15) is 11.3 Å². The molecule has 0 unspecified atom stereocenters. The molecule has 1 aromatic heterocycles. The van der Waals surface area contributed by atoms with Crippen LogP contribution in [-0.4, -0.2) is 16.8 Å². The highest BCUT2D eigenvalue weighted by molar-refractivity contribution is 7.07. The predicted molar refractivity (Wildman–Crippen MR) is 51.7 cm³/mol. The highest BCUT2D eigenvalue weighted by Crippen LogP contribution is 2.10. The SMILES string of the molecule is CCN(Cc1ccsc1)C(=O)Cl. The van der Waals surface area contributed by atoms with E-state index in [-0.39, 0.29) is 5.37 Å². The van der Waals surface area contributed by atoms with Crippen LogP contribution >= 0.6 is 22.9 Å². The van der Waals surface area contributed by atoms with E-state index in [0.717, 1.165) is 5.56 Å². The molecule has 4 heteroatoms. The fourth-order valence-corrected chi connectivity index (χ4v) is 1.74. The summed E-state index contributed by atoms with van der Waals surface area (Å²) in [4.78, 5) is 12.4. The van der Waals surface area contributed by atoms with E-state index in [1.54, 1.807) is 16.2 Å². The summed E-state index contributed by atoms with van der Waals surface area (Å²) >= 11 is 6.97. The molecule has 0 aliphatic rings. The third-order valence-electron chi connectivity index (χ3n) is 1.58. The monoisotopic (exact) mass is 203 g/mol. The number of hydrogen-bond donors (Lipinski definition) is 0. The molecule has 0 aliphatic heterocycles. The summed E-state index contributed by atoms with van der Waals surface area (Å²) in [5, 5.41) is 3.62. The van der Waals surface area contributed by atoms with Crippen LogP contribution in [0.1, 0.15) is 12.5 Å². The van der Waals surface area contributed by atoms with Crippen LogP contribution in [0.4, 0.5) is 4.79 Å². The fraction of sp³-hybridized carbons (Fsp3) is 0.375. The van der Waals surface area contributed by atoms with E-state index < -0.39 is 0 Å². The molecule has 0 saturated carbocycles. The molecule has 1 rings (SSSR count). The zero-order valence-corrected chi connectivity index (χ0v) is 8.36. The second-order valence-corrected chi connectivity index (χ2v) is 3.50. The van der Waals surface area contributed by atoms with Crippen molar-refractivity contribution < 1.29 is 4.79 Å². The van der Waals surface area contributed by atoms with Crippen molar-refractivity contribution in [2.24, 2.45) is 0 Å². The molecule has 0 bridgehead atoms. The molecule has 12 heavy (non-hydrogen) atoms. The molecule has 0 aromatic carbocycles. The normalized spacial score (nSPS) is 9.83. The third-order valence-corrected chi connectivity index (χ3v) is 2.55. The van der Waals surface area contributed by atoms with E-state index in [4.69, 9.17) is 11.6 Å². The van der Waals surface area contributed by atoms with Crippen LogP contribution in [0.5, 0.6) is 0 Å². The molecule has 0 aliphatic carbocycles. The summed E-state index contributed by atoms with van der Waals surface area (Å²) in [7, 11) is 0. The van der Waals surface area contributed by atoms with Crippen LogP contribution in [-0.2, 0) is 6.54 Å². The molecule has 0 saturated heterocycles. The predicted octanol–water partition coefficient (Wildman–Crippen LogP) is 2.93. The average molecular weight is 204 g/mol. The minimum Gasteiger partial charge on any atom is -0.325 e. The van der Waals surface area contributed by atoms with Crippen molar-refractivity contribution >= 4 is 28.3 Å². The van der Waals surface area contributed by atoms with E-state index >= 15 is 0 Å². The van der Waals surface area contributed by atoms with Crippen molar-refractivity contribution in [1.82, 2.24) is 4.90 Å². The molecule has 0 spiro atoms. The van der Waals surface area contributed by atoms with Crippen LogP contribution < -0.4 is 0 Å². The fourth-order valence-electron chi connectivity index (χ4n) is 0.901. The van der Waals surface area contributed by atoms with Gasteiger partial charge in [-0.15, -0.1) is 0 Å². The Morgan fingerprint density at radius 1 is 1.75 bits per heavy atom. The summed E-state index contributed by atoms with van der Waals surface area (Å²) in [6.45, 7) is 3.17. The largest absolute Gasteiger partial charge is 0.325 e. The molecule has 0 fully saturated rings. The maximum atomic E-state index is 10.8. The Labute approximate surface area is 80.8 Å². The van der Waals surface area contributed by atoms with Crippen molar-refractivity contribution in [1.29, 1.82) is 0 Å². The lowest BCUT2D eigenvalue weighted by Gasteiger charge is -2.15. The number of halogens is 1. The van der Waals surface area contributed by atoms with Crippen LogP contribution in [0.25, 0.3) is 0 Å². The second kappa shape index (κ2) is 4.48. The van der Waals surface area contributed by atoms with Crippen molar-refractivity contribution in [3.63, 3.8) is 0 Å². The first-order valence-electron chi connectivity index (χ1n) is 3.69. The zero-order valence-electron chi connectivity index (χ0n) is 6.79. The van der Waals surface area contributed by atoms with E-state index in [1.807, 2.05) is 23.8 Å². The molecule has 1 heterocycles. The number of carbonyl (C=O) groups is 1. The maximum absolute atomic E-state index is 10.8. The molecule has 0 atom stereocenters. The number of carbonyl (C=O) groups excluding carboxylic acids is 1. The van der Waals surface area contributed by atoms with Gasteiger partial charge in [0.05, 0.1) is 0 Å². The summed E-state index contributed by atoms with van der Waals surface area (Å²) in [6.07, 6.45) is 0. The van der Waals surface area contributed by atoms with Crippen LogP contribution in [0.3, 0.4) is 0 Å². The highest BCUT2D eigenvalue weighted by atomic mass is 35.5. The Morgan fingerprint density at radius 2 is 2.50 bits per heavy atom. The van der Waals surface area contributed by atoms with Gasteiger partial charge in [-0.3, -0.25) is 4.79 Å². The van der Waals surface area contributed by atoms with Crippen molar-refractivity contribution in [2.75, 3.05) is 6.54 Å². The van der Waals surface area contributed by atoms with Crippen molar-refractivity contribution in [3.05, 3.63) is 22.4 Å². The summed E-state index contributed by atoms with van der Waals surface area (Å²) < 4.78 is 0. The Hall–Kier alpha value is -0.540. The van der Waals surface area contributed by atoms with Gasteiger partial charge in [0.25, 0.3) is 0 Å². The molecule has 2 nitrogen and oxygen atoms in total. The van der Waals surface area contributed by atoms with Gasteiger partial charge < -0.3 is 4.90 Å². The smallest absolute Gasteiger partial charge is 0.316 e. The van der Waals surface area contributed by atoms with Gasteiger partial charge in [0.1, 0.15) is 0 Å². The average Bonchev–Trinajstić information content (AvgIpc) is 2.51. The number of thiophene rings is 1. The zero-order chi connectivity index (χ0) is 8.97. The molecule has 0 radical (unpaired) electrons. The summed E-state index contributed by atoms with van der Waals surface area (Å²) in [5.74, 6) is 0. The van der Waals surface area contributed by atoms with Gasteiger partial charge in [0, 0.05) is 13.1 Å². The highest BCUT2D eigenvalue weighted by Gasteiger charge is 2.08. The summed E-state index contributed by atoms with van der Waals surface area (Å²) in [5.41, 5.74) is 1.14. The van der Waals surface area contributed by atoms with Gasteiger partial charge >= 0.3 is 5.37 Å². The number of nitrogens with zero attached hydrogens (tertiary/aromatic N) is 1. The lowest BCUT2D eigenvalue weighted by molar-refractivity contribution is 0.222. The number of hydrogen-bond acceptors (Lipinski definition) is 2. The van der Waals surface area contributed by atoms with Gasteiger partial charge in [-0.05, 0) is 40.9 Å². The topological polar surface area (TPSA) is 20.3 Å². The first-order valence-corrected chi connectivity index (χ1v) is 5.01. The third kappa shape index (κ3) is 2.50. The van der Waals surface area contributed by atoms with E-state index in [9.17, 15) is 4.79 Å². The molecule has 1 amide bonds. The standard InChI is InChI=1S/C8H10ClNOS/c1-2-10(8(9)11)5-7-3-4-12-6-7/h3-4,6H,2,5H2,1H3. The number of amides is 1. The lowest BCUT2D eigenvalue weighted by atomic mass is 10.3. The van der Waals surface area contributed by atoms with Crippen LogP contribution in [0.15, 0.2) is 16.8 Å². The molecule has 1 aromatic rings. The molecule has 0 N–H and O–H groups in total. The Morgan fingerprint density at radius 3 is 2.92 bits per heavy atom. The molecule has 66 valence electrons. The van der Waals surface area contributed by atoms with Crippen molar-refractivity contribution in [3.8, 4) is 0 Å². The first kappa shape index (κ1) is 9.55. The van der Waals surface area contributed by atoms with Gasteiger partial charge in [-0.25, -0.2) is 0 Å². The Bertz CT molecular complexity index is 248. The quantitative estimate of drug-likeness (QED) is 0.547. The summed E-state index contributed by atoms with van der Waals surface area (Å²) in [6, 6.07) is 1.99. The Kier molecular flexibility index (Phi) is 3.56. The van der Waals surface area contributed by atoms with E-state index in [2.05, 4.69) is 0 Å². The molecular weight excluding hydrogens is 194 g/mol. The van der Waals surface area contributed by atoms with E-state index in [0.29, 0.717) is 13.1 Å². The Balaban J connectivity index is 2.54. The van der Waals surface area contributed by atoms with Gasteiger partial charge in [0.15, 0.2) is 0 Å². The second-order valence-electron chi connectivity index (χ2n) is 2.40. The number of rotatable bonds is 3. The van der Waals surface area contributed by atoms with Gasteiger partial charge in [0.2, 0.25) is 0 Å². The maximum Gasteiger partial charge on any atom is 0.316 e. The lowest BCUT2D eigenvalue weighted by Crippen LogP contribution is -2.24. The minimum absolute atomic E-state index is 0.385. The van der Waals surface area contributed by atoms with Gasteiger partial charge in [-0.1, -0.05) is 0 Å².